The molecule has 1 aromatic carbocycles. The van der Waals surface area contributed by atoms with Crippen molar-refractivity contribution in [3.8, 4) is 0 Å². The van der Waals surface area contributed by atoms with Crippen LogP contribution in [-0.2, 0) is 14.8 Å². The molecule has 2 heterocycles. The average molecular weight is 393 g/mol. The van der Waals surface area contributed by atoms with Crippen molar-refractivity contribution in [1.29, 1.82) is 0 Å². The molecular formula is C17H19N3O6S. The van der Waals surface area contributed by atoms with Crippen molar-refractivity contribution in [2.24, 2.45) is 5.92 Å². The number of aliphatic carboxylic acids is 1. The van der Waals surface area contributed by atoms with Crippen molar-refractivity contribution in [2.75, 3.05) is 0 Å². The maximum absolute atomic E-state index is 13.3. The van der Waals surface area contributed by atoms with Crippen LogP contribution in [0.1, 0.15) is 32.1 Å². The number of rotatable bonds is 3. The lowest BCUT2D eigenvalue weighted by molar-refractivity contribution is -0.141. The highest BCUT2D eigenvalue weighted by Crippen LogP contribution is 2.42. The van der Waals surface area contributed by atoms with E-state index < -0.39 is 33.2 Å². The van der Waals surface area contributed by atoms with E-state index in [1.165, 1.54) is 18.2 Å². The van der Waals surface area contributed by atoms with E-state index >= 15 is 0 Å². The minimum absolute atomic E-state index is 0.0474. The first-order valence-electron chi connectivity index (χ1n) is 8.82. The molecular weight excluding hydrogens is 374 g/mol. The fourth-order valence-electron chi connectivity index (χ4n) is 4.35. The molecule has 1 aromatic heterocycles. The van der Waals surface area contributed by atoms with Crippen LogP contribution in [0.5, 0.6) is 0 Å². The first-order chi connectivity index (χ1) is 12.8. The highest BCUT2D eigenvalue weighted by molar-refractivity contribution is 7.89. The van der Waals surface area contributed by atoms with Gasteiger partial charge in [0.2, 0.25) is 10.0 Å². The largest absolute Gasteiger partial charge is 0.480 e. The smallest absolute Gasteiger partial charge is 0.322 e. The van der Waals surface area contributed by atoms with Gasteiger partial charge in [-0.15, -0.1) is 0 Å². The number of hydrogen-bond donors (Lipinski definition) is 3. The van der Waals surface area contributed by atoms with E-state index in [-0.39, 0.29) is 22.4 Å². The zero-order chi connectivity index (χ0) is 19.3. The van der Waals surface area contributed by atoms with Crippen LogP contribution >= 0.6 is 0 Å². The van der Waals surface area contributed by atoms with Gasteiger partial charge >= 0.3 is 17.1 Å². The van der Waals surface area contributed by atoms with E-state index in [2.05, 4.69) is 9.97 Å². The van der Waals surface area contributed by atoms with Crippen LogP contribution in [0, 0.1) is 5.92 Å². The van der Waals surface area contributed by atoms with E-state index in [4.69, 9.17) is 0 Å². The van der Waals surface area contributed by atoms with Crippen molar-refractivity contribution in [3.63, 3.8) is 0 Å². The van der Waals surface area contributed by atoms with E-state index in [0.717, 1.165) is 23.6 Å². The second-order valence-electron chi connectivity index (χ2n) is 7.15. The molecule has 144 valence electrons. The number of carbonyl (C=O) groups is 1. The quantitative estimate of drug-likeness (QED) is 0.653. The maximum Gasteiger partial charge on any atom is 0.322 e. The first-order valence-corrected chi connectivity index (χ1v) is 10.3. The number of benzene rings is 1. The summed E-state index contributed by atoms with van der Waals surface area (Å²) >= 11 is 0. The maximum atomic E-state index is 13.3. The van der Waals surface area contributed by atoms with Crippen molar-refractivity contribution < 1.29 is 18.3 Å². The van der Waals surface area contributed by atoms with Gasteiger partial charge in [-0.1, -0.05) is 12.8 Å². The third-order valence-corrected chi connectivity index (χ3v) is 7.51. The molecule has 9 nitrogen and oxygen atoms in total. The Balaban J connectivity index is 1.82. The number of carboxylic acids is 1. The van der Waals surface area contributed by atoms with Crippen molar-refractivity contribution in [1.82, 2.24) is 14.3 Å². The molecule has 1 saturated heterocycles. The number of nitrogens with zero attached hydrogens (tertiary/aromatic N) is 1. The zero-order valence-corrected chi connectivity index (χ0v) is 15.2. The second-order valence-corrected chi connectivity index (χ2v) is 9.00. The molecule has 3 N–H and O–H groups in total. The first kappa shape index (κ1) is 17.9. The topological polar surface area (TPSA) is 140 Å². The molecule has 2 aromatic rings. The summed E-state index contributed by atoms with van der Waals surface area (Å²) in [5, 5.41) is 9.59. The lowest BCUT2D eigenvalue weighted by Gasteiger charge is -2.32. The molecule has 1 saturated carbocycles. The van der Waals surface area contributed by atoms with Crippen LogP contribution in [-0.4, -0.2) is 45.9 Å². The van der Waals surface area contributed by atoms with E-state index in [0.29, 0.717) is 18.4 Å². The summed E-state index contributed by atoms with van der Waals surface area (Å²) in [5.74, 6) is -1.10. The summed E-state index contributed by atoms with van der Waals surface area (Å²) in [6.45, 7) is 0. The molecule has 0 radical (unpaired) electrons. The molecule has 2 aliphatic rings. The molecule has 1 aliphatic carbocycles. The molecule has 1 aliphatic heterocycles. The summed E-state index contributed by atoms with van der Waals surface area (Å²) in [7, 11) is -4.08. The van der Waals surface area contributed by atoms with Crippen LogP contribution in [0.4, 0.5) is 0 Å². The summed E-state index contributed by atoms with van der Waals surface area (Å²) in [6.07, 6.45) is 3.63. The molecule has 27 heavy (non-hydrogen) atoms. The molecule has 3 unspecified atom stereocenters. The van der Waals surface area contributed by atoms with Crippen LogP contribution in [0.3, 0.4) is 0 Å². The number of nitrogens with one attached hydrogen (secondary N) is 2. The Morgan fingerprint density at radius 1 is 1.07 bits per heavy atom. The number of fused-ring (bicyclic) bond motifs is 2. The van der Waals surface area contributed by atoms with Gasteiger partial charge < -0.3 is 15.1 Å². The lowest BCUT2D eigenvalue weighted by Crippen LogP contribution is -2.46. The molecule has 4 rings (SSSR count). The van der Waals surface area contributed by atoms with Crippen LogP contribution in [0.15, 0.2) is 32.7 Å². The van der Waals surface area contributed by atoms with Crippen LogP contribution in [0.2, 0.25) is 0 Å². The number of hydrogen-bond acceptors (Lipinski definition) is 5. The van der Waals surface area contributed by atoms with E-state index in [1.807, 2.05) is 0 Å². The van der Waals surface area contributed by atoms with E-state index in [1.54, 1.807) is 0 Å². The summed E-state index contributed by atoms with van der Waals surface area (Å²) in [5.41, 5.74) is -1.24. The monoisotopic (exact) mass is 393 g/mol. The van der Waals surface area contributed by atoms with Gasteiger partial charge in [0, 0.05) is 6.04 Å². The van der Waals surface area contributed by atoms with Crippen LogP contribution < -0.4 is 11.1 Å². The minimum atomic E-state index is -4.08. The van der Waals surface area contributed by atoms with Gasteiger partial charge in [-0.2, -0.15) is 4.31 Å². The zero-order valence-electron chi connectivity index (χ0n) is 14.3. The highest BCUT2D eigenvalue weighted by atomic mass is 32.2. The number of aromatic amines is 2. The Morgan fingerprint density at radius 3 is 2.44 bits per heavy atom. The molecule has 2 fully saturated rings. The van der Waals surface area contributed by atoms with Gasteiger partial charge in [0.05, 0.1) is 15.9 Å². The molecule has 0 amide bonds. The second kappa shape index (κ2) is 6.31. The van der Waals surface area contributed by atoms with Gasteiger partial charge in [0.15, 0.2) is 0 Å². The van der Waals surface area contributed by atoms with Crippen molar-refractivity contribution in [2.45, 2.75) is 49.1 Å². The average Bonchev–Trinajstić information content (AvgIpc) is 3.03. The Bertz CT molecular complexity index is 1140. The number of aromatic nitrogens is 2. The summed E-state index contributed by atoms with van der Waals surface area (Å²) in [4.78, 5) is 39.3. The highest BCUT2D eigenvalue weighted by Gasteiger charge is 2.51. The number of carboxylic acid groups (broad SMARTS) is 1. The van der Waals surface area contributed by atoms with Gasteiger partial charge in [0.25, 0.3) is 0 Å². The predicted molar refractivity (Wildman–Crippen MR) is 96.0 cm³/mol. The fraction of sp³-hybridized carbons (Fsp3) is 0.471. The van der Waals surface area contributed by atoms with Crippen molar-refractivity contribution >= 4 is 27.0 Å². The molecule has 0 bridgehead atoms. The standard InChI is InChI=1S/C17H19N3O6S/c21-15-16(22)19-12-8-10(5-6-11(12)18-15)27(25,26)20-13-4-2-1-3-9(13)7-14(20)17(23)24/h5-6,8-9,13-14H,1-4,7H2,(H,18,21)(H,19,22)(H,23,24). The molecule has 10 heteroatoms. The SMILES string of the molecule is O=C(O)C1CC2CCCCC2N1S(=O)(=O)c1ccc2[nH]c(=O)c(=O)[nH]c2c1. The predicted octanol–water partition coefficient (Wildman–Crippen LogP) is 0.623. The van der Waals surface area contributed by atoms with Gasteiger partial charge in [-0.05, 0) is 43.4 Å². The van der Waals surface area contributed by atoms with E-state index in [9.17, 15) is 27.9 Å². The third-order valence-electron chi connectivity index (χ3n) is 5.58. The van der Waals surface area contributed by atoms with Gasteiger partial charge in [-0.25, -0.2) is 8.42 Å². The summed E-state index contributed by atoms with van der Waals surface area (Å²) in [6, 6.07) is 2.56. The van der Waals surface area contributed by atoms with Crippen LogP contribution in [0.25, 0.3) is 11.0 Å². The lowest BCUT2D eigenvalue weighted by atomic mass is 9.85. The van der Waals surface area contributed by atoms with Gasteiger partial charge in [0.1, 0.15) is 6.04 Å². The third kappa shape index (κ3) is 2.88. The Morgan fingerprint density at radius 2 is 1.74 bits per heavy atom. The van der Waals surface area contributed by atoms with Crippen molar-refractivity contribution in [3.05, 3.63) is 38.9 Å². The van der Waals surface area contributed by atoms with Gasteiger partial charge in [-0.3, -0.25) is 14.4 Å². The Hall–Kier alpha value is -2.46. The molecule has 0 spiro atoms. The number of H-pyrrole nitrogens is 2. The fourth-order valence-corrected chi connectivity index (χ4v) is 6.25. The Kier molecular flexibility index (Phi) is 4.19. The molecule has 3 atom stereocenters. The Labute approximate surface area is 154 Å². The normalized spacial score (nSPS) is 26.1. The minimum Gasteiger partial charge on any atom is -0.480 e. The summed E-state index contributed by atoms with van der Waals surface area (Å²) < 4.78 is 27.7. The number of sulfonamides is 1.